The molecule has 0 aromatic carbocycles. The molecule has 0 saturated heterocycles. The maximum atomic E-state index is 11.2. The third kappa shape index (κ3) is 20.2. The molecule has 0 aliphatic rings. The molecule has 0 aromatic rings. The minimum atomic E-state index is -1.09. The van der Waals surface area contributed by atoms with Crippen molar-refractivity contribution in [3.63, 3.8) is 0 Å². The molecule has 0 heterocycles. The lowest BCUT2D eigenvalue weighted by atomic mass is 9.97. The number of aliphatic hydroxyl groups is 4. The second kappa shape index (κ2) is 23.2. The van der Waals surface area contributed by atoms with E-state index in [2.05, 4.69) is 13.0 Å². The number of hydrogen-bond acceptors (Lipinski definition) is 8. The molecule has 0 radical (unpaired) electrons. The summed E-state index contributed by atoms with van der Waals surface area (Å²) in [5.74, 6) is -1.95. The second-order valence-electron chi connectivity index (χ2n) is 10.6. The normalized spacial score (nSPS) is 19.9. The molecule has 9 atom stereocenters. The van der Waals surface area contributed by atoms with Gasteiger partial charge in [0, 0.05) is 18.4 Å². The summed E-state index contributed by atoms with van der Waals surface area (Å²) in [7, 11) is 0. The largest absolute Gasteiger partial charge is 0.481 e. The van der Waals surface area contributed by atoms with Gasteiger partial charge in [-0.15, -0.1) is 0 Å². The molecule has 0 aromatic heterocycles. The first-order chi connectivity index (χ1) is 19.4. The van der Waals surface area contributed by atoms with Crippen LogP contribution in [0, 0.1) is 17.8 Å². The monoisotopic (exact) mass is 579 g/mol. The number of rotatable bonds is 22. The SMILES string of the molecule is CC(/C=C/C=C/C=C/C=C/C=C/CC(O)[C@@H](C)[C@H](C)O)C/C=C/C(C[C@H](O)C(C)C(=O)O)OCOCC(O)[C@@H](C)N. The average Bonchev–Trinajstić information content (AvgIpc) is 2.92. The number of carboxylic acids is 1. The Morgan fingerprint density at radius 3 is 1.90 bits per heavy atom. The molecule has 7 N–H and O–H groups in total. The first-order valence-corrected chi connectivity index (χ1v) is 14.3. The van der Waals surface area contributed by atoms with Gasteiger partial charge in [0.25, 0.3) is 0 Å². The highest BCUT2D eigenvalue weighted by Crippen LogP contribution is 2.15. The maximum absolute atomic E-state index is 11.2. The average molecular weight is 580 g/mol. The van der Waals surface area contributed by atoms with Gasteiger partial charge in [0.05, 0.1) is 43.0 Å². The highest BCUT2D eigenvalue weighted by atomic mass is 16.7. The van der Waals surface area contributed by atoms with E-state index >= 15 is 0 Å². The highest BCUT2D eigenvalue weighted by molar-refractivity contribution is 5.70. The number of carbonyl (C=O) groups is 1. The van der Waals surface area contributed by atoms with E-state index in [0.29, 0.717) is 12.8 Å². The van der Waals surface area contributed by atoms with Crippen molar-refractivity contribution in [2.45, 2.75) is 90.4 Å². The van der Waals surface area contributed by atoms with Gasteiger partial charge in [-0.05, 0) is 39.5 Å². The standard InChI is InChI=1S/C32H53NO8/c1-23(16-13-11-9-7-6-8-10-12-14-19-29(35)24(2)27(5)34)17-15-18-28(20-30(36)25(3)32(38)39)41-22-40-21-31(37)26(4)33/h6-16,18,23-31,34-37H,17,19-22,33H2,1-5H3,(H,38,39)/b7-6+,10-8+,11-9+,14-12+,16-13+,18-15+/t23?,24-,25?,26+,27-,28?,29?,30-,31?/m0/s1. The van der Waals surface area contributed by atoms with Crippen molar-refractivity contribution in [3.05, 3.63) is 72.9 Å². The van der Waals surface area contributed by atoms with Crippen LogP contribution in [0.1, 0.15) is 53.9 Å². The fraction of sp³-hybridized carbons (Fsp3) is 0.594. The Kier molecular flexibility index (Phi) is 21.9. The van der Waals surface area contributed by atoms with Gasteiger partial charge in [-0.3, -0.25) is 4.79 Å². The molecule has 0 bridgehead atoms. The Bertz CT molecular complexity index is 862. The second-order valence-corrected chi connectivity index (χ2v) is 10.6. The molecule has 9 nitrogen and oxygen atoms in total. The zero-order chi connectivity index (χ0) is 31.2. The molecule has 0 saturated carbocycles. The summed E-state index contributed by atoms with van der Waals surface area (Å²) in [4.78, 5) is 11.2. The van der Waals surface area contributed by atoms with Crippen LogP contribution in [0.25, 0.3) is 0 Å². The summed E-state index contributed by atoms with van der Waals surface area (Å²) >= 11 is 0. The van der Waals surface area contributed by atoms with Gasteiger partial charge in [-0.1, -0.05) is 86.8 Å². The number of hydrogen-bond donors (Lipinski definition) is 6. The van der Waals surface area contributed by atoms with Gasteiger partial charge in [-0.2, -0.15) is 0 Å². The van der Waals surface area contributed by atoms with Gasteiger partial charge in [0.1, 0.15) is 6.79 Å². The molecule has 9 heteroatoms. The number of aliphatic carboxylic acids is 1. The number of ether oxygens (including phenoxy) is 2. The number of nitrogens with two attached hydrogens (primary N) is 1. The van der Waals surface area contributed by atoms with Crippen LogP contribution in [0.5, 0.6) is 0 Å². The van der Waals surface area contributed by atoms with Crippen LogP contribution in [0.3, 0.4) is 0 Å². The van der Waals surface area contributed by atoms with E-state index in [9.17, 15) is 25.2 Å². The van der Waals surface area contributed by atoms with Crippen LogP contribution in [0.2, 0.25) is 0 Å². The summed E-state index contributed by atoms with van der Waals surface area (Å²) in [5, 5.41) is 48.6. The topological polar surface area (TPSA) is 163 Å². The molecule has 234 valence electrons. The maximum Gasteiger partial charge on any atom is 0.308 e. The van der Waals surface area contributed by atoms with Crippen LogP contribution in [-0.2, 0) is 14.3 Å². The number of carboxylic acid groups (broad SMARTS) is 1. The van der Waals surface area contributed by atoms with Crippen molar-refractivity contribution in [3.8, 4) is 0 Å². The van der Waals surface area contributed by atoms with Gasteiger partial charge in [0.2, 0.25) is 0 Å². The first kappa shape index (κ1) is 38.6. The lowest BCUT2D eigenvalue weighted by molar-refractivity contribution is -0.146. The van der Waals surface area contributed by atoms with E-state index in [0.717, 1.165) is 0 Å². The molecule has 0 amide bonds. The van der Waals surface area contributed by atoms with E-state index in [1.807, 2.05) is 67.7 Å². The van der Waals surface area contributed by atoms with Crippen molar-refractivity contribution in [1.29, 1.82) is 0 Å². The van der Waals surface area contributed by atoms with Crippen molar-refractivity contribution in [2.24, 2.45) is 23.5 Å². The van der Waals surface area contributed by atoms with E-state index in [1.165, 1.54) is 6.92 Å². The quantitative estimate of drug-likeness (QED) is 0.0486. The number of allylic oxidation sites excluding steroid dienone is 10. The van der Waals surface area contributed by atoms with Crippen LogP contribution in [0.15, 0.2) is 72.9 Å². The van der Waals surface area contributed by atoms with Crippen molar-refractivity contribution < 1.29 is 39.8 Å². The zero-order valence-corrected chi connectivity index (χ0v) is 25.2. The summed E-state index contributed by atoms with van der Waals surface area (Å²) in [6, 6.07) is -0.438. The Labute approximate surface area is 246 Å². The summed E-state index contributed by atoms with van der Waals surface area (Å²) in [6.07, 6.45) is 20.6. The molecule has 0 fully saturated rings. The predicted octanol–water partition coefficient (Wildman–Crippen LogP) is 3.66. The van der Waals surface area contributed by atoms with Gasteiger partial charge in [0.15, 0.2) is 0 Å². The molecule has 0 rings (SSSR count). The summed E-state index contributed by atoms with van der Waals surface area (Å²) < 4.78 is 11.0. The van der Waals surface area contributed by atoms with Gasteiger partial charge >= 0.3 is 5.97 Å². The molecule has 0 aliphatic heterocycles. The van der Waals surface area contributed by atoms with E-state index in [1.54, 1.807) is 19.9 Å². The fourth-order valence-electron chi connectivity index (χ4n) is 3.26. The molecular formula is C32H53NO8. The van der Waals surface area contributed by atoms with Crippen LogP contribution in [0.4, 0.5) is 0 Å². The summed E-state index contributed by atoms with van der Waals surface area (Å²) in [6.45, 7) is 8.56. The minimum Gasteiger partial charge on any atom is -0.481 e. The smallest absolute Gasteiger partial charge is 0.308 e. The molecular weight excluding hydrogens is 526 g/mol. The Balaban J connectivity index is 4.65. The Hall–Kier alpha value is -2.37. The van der Waals surface area contributed by atoms with Gasteiger partial charge in [-0.25, -0.2) is 0 Å². The lowest BCUT2D eigenvalue weighted by Crippen LogP contribution is -2.35. The van der Waals surface area contributed by atoms with Crippen molar-refractivity contribution >= 4 is 5.97 Å². The number of aliphatic hydroxyl groups excluding tert-OH is 4. The van der Waals surface area contributed by atoms with E-state index in [-0.39, 0.29) is 31.7 Å². The van der Waals surface area contributed by atoms with Crippen molar-refractivity contribution in [1.82, 2.24) is 0 Å². The minimum absolute atomic E-state index is 0.00995. The first-order valence-electron chi connectivity index (χ1n) is 14.3. The molecule has 41 heavy (non-hydrogen) atoms. The van der Waals surface area contributed by atoms with E-state index < -0.39 is 48.4 Å². The molecule has 0 spiro atoms. The predicted molar refractivity (Wildman–Crippen MR) is 163 cm³/mol. The molecule has 0 aliphatic carbocycles. The zero-order valence-electron chi connectivity index (χ0n) is 25.2. The van der Waals surface area contributed by atoms with Gasteiger partial charge < -0.3 is 40.7 Å². The lowest BCUT2D eigenvalue weighted by Gasteiger charge is -2.21. The Morgan fingerprint density at radius 1 is 0.756 bits per heavy atom. The third-order valence-corrected chi connectivity index (χ3v) is 6.66. The van der Waals surface area contributed by atoms with Crippen LogP contribution >= 0.6 is 0 Å². The Morgan fingerprint density at radius 2 is 1.34 bits per heavy atom. The fourth-order valence-corrected chi connectivity index (χ4v) is 3.26. The van der Waals surface area contributed by atoms with Crippen LogP contribution < -0.4 is 5.73 Å². The third-order valence-electron chi connectivity index (χ3n) is 6.66. The highest BCUT2D eigenvalue weighted by Gasteiger charge is 2.24. The molecule has 5 unspecified atom stereocenters. The van der Waals surface area contributed by atoms with Crippen LogP contribution in [-0.4, -0.2) is 81.5 Å². The van der Waals surface area contributed by atoms with Crippen molar-refractivity contribution in [2.75, 3.05) is 13.4 Å². The van der Waals surface area contributed by atoms with E-state index in [4.69, 9.17) is 20.3 Å². The summed E-state index contributed by atoms with van der Waals surface area (Å²) in [5.41, 5.74) is 5.61.